The molecule has 17 heavy (non-hydrogen) atoms. The van der Waals surface area contributed by atoms with Crippen LogP contribution in [0, 0.1) is 0 Å². The predicted octanol–water partition coefficient (Wildman–Crippen LogP) is -0.615. The Morgan fingerprint density at radius 1 is 1.24 bits per heavy atom. The van der Waals surface area contributed by atoms with Crippen molar-refractivity contribution in [1.82, 2.24) is 10.6 Å². The minimum atomic E-state index is -0.653. The Hall–Kier alpha value is -0.180. The zero-order valence-electron chi connectivity index (χ0n) is 9.41. The number of amides is 2. The Labute approximate surface area is 117 Å². The van der Waals surface area contributed by atoms with Crippen LogP contribution >= 0.6 is 31.9 Å². The second kappa shape index (κ2) is 9.81. The molecular formula is C9H16Br2N2O4. The van der Waals surface area contributed by atoms with Gasteiger partial charge in [-0.1, -0.05) is 31.9 Å². The summed E-state index contributed by atoms with van der Waals surface area (Å²) in [7, 11) is 1.50. The Balaban J connectivity index is 3.85. The van der Waals surface area contributed by atoms with Crippen molar-refractivity contribution in [2.45, 2.75) is 9.65 Å². The van der Waals surface area contributed by atoms with Gasteiger partial charge in [0.05, 0.1) is 19.8 Å². The lowest BCUT2D eigenvalue weighted by molar-refractivity contribution is -0.125. The third kappa shape index (κ3) is 6.97. The van der Waals surface area contributed by atoms with Gasteiger partial charge in [0.1, 0.15) is 9.65 Å². The van der Waals surface area contributed by atoms with Crippen molar-refractivity contribution in [3.63, 3.8) is 0 Å². The van der Waals surface area contributed by atoms with Crippen LogP contribution in [0.5, 0.6) is 0 Å². The first-order valence-corrected chi connectivity index (χ1v) is 6.83. The van der Waals surface area contributed by atoms with E-state index in [4.69, 9.17) is 9.84 Å². The molecule has 2 amide bonds. The Bertz CT molecular complexity index is 253. The normalized spacial score (nSPS) is 13.9. The van der Waals surface area contributed by atoms with E-state index < -0.39 is 9.65 Å². The molecule has 0 aromatic carbocycles. The van der Waals surface area contributed by atoms with Crippen LogP contribution in [0.25, 0.3) is 0 Å². The van der Waals surface area contributed by atoms with E-state index in [-0.39, 0.29) is 25.0 Å². The van der Waals surface area contributed by atoms with Crippen LogP contribution in [-0.4, -0.2) is 60.0 Å². The smallest absolute Gasteiger partial charge is 0.235 e. The third-order valence-corrected chi connectivity index (χ3v) is 4.38. The van der Waals surface area contributed by atoms with E-state index in [1.54, 1.807) is 0 Å². The van der Waals surface area contributed by atoms with Crippen LogP contribution < -0.4 is 10.6 Å². The number of alkyl halides is 2. The van der Waals surface area contributed by atoms with Crippen molar-refractivity contribution >= 4 is 43.7 Å². The average Bonchev–Trinajstić information content (AvgIpc) is 2.35. The molecule has 0 heterocycles. The number of rotatable bonds is 8. The van der Waals surface area contributed by atoms with Crippen molar-refractivity contribution in [2.24, 2.45) is 0 Å². The summed E-state index contributed by atoms with van der Waals surface area (Å²) in [4.78, 5) is 21.5. The molecular weight excluding hydrogens is 360 g/mol. The van der Waals surface area contributed by atoms with E-state index in [1.165, 1.54) is 7.05 Å². The molecule has 0 aromatic heterocycles. The summed E-state index contributed by atoms with van der Waals surface area (Å²) in [5, 5.41) is 13.5. The highest BCUT2D eigenvalue weighted by atomic mass is 79.9. The second-order valence-electron chi connectivity index (χ2n) is 3.04. The van der Waals surface area contributed by atoms with Crippen molar-refractivity contribution in [3.05, 3.63) is 0 Å². The van der Waals surface area contributed by atoms with Crippen molar-refractivity contribution in [1.29, 1.82) is 0 Å². The summed E-state index contributed by atoms with van der Waals surface area (Å²) in [5.41, 5.74) is 0. The van der Waals surface area contributed by atoms with Gasteiger partial charge in [0.2, 0.25) is 11.8 Å². The lowest BCUT2D eigenvalue weighted by Crippen LogP contribution is -2.43. The lowest BCUT2D eigenvalue weighted by atomic mass is 10.3. The summed E-state index contributed by atoms with van der Waals surface area (Å²) >= 11 is 6.25. The van der Waals surface area contributed by atoms with Gasteiger partial charge in [-0.3, -0.25) is 9.59 Å². The monoisotopic (exact) mass is 374 g/mol. The molecule has 6 nitrogen and oxygen atoms in total. The van der Waals surface area contributed by atoms with Gasteiger partial charge in [0.25, 0.3) is 0 Å². The molecule has 0 saturated carbocycles. The maximum atomic E-state index is 11.6. The molecule has 0 fully saturated rings. The fourth-order valence-corrected chi connectivity index (χ4v) is 1.79. The number of carbonyl (C=O) groups excluding carboxylic acids is 2. The summed E-state index contributed by atoms with van der Waals surface area (Å²) < 4.78 is 4.97. The average molecular weight is 376 g/mol. The standard InChI is InChI=1S/C9H16Br2N2O4/c1-12-8(15)6(10)7(11)9(16)13-2-4-17-5-3-14/h6-7,14H,2-5H2,1H3,(H,12,15)(H,13,16). The first-order chi connectivity index (χ1) is 8.04. The van der Waals surface area contributed by atoms with Crippen LogP contribution in [0.3, 0.4) is 0 Å². The van der Waals surface area contributed by atoms with Gasteiger partial charge in [0, 0.05) is 13.6 Å². The molecule has 0 aromatic rings. The van der Waals surface area contributed by atoms with Crippen molar-refractivity contribution in [3.8, 4) is 0 Å². The molecule has 2 atom stereocenters. The molecule has 0 rings (SSSR count). The molecule has 0 aliphatic rings. The van der Waals surface area contributed by atoms with Crippen LogP contribution in [0.1, 0.15) is 0 Å². The molecule has 0 bridgehead atoms. The summed E-state index contributed by atoms with van der Waals surface area (Å²) in [5.74, 6) is -0.582. The Morgan fingerprint density at radius 2 is 1.82 bits per heavy atom. The maximum Gasteiger partial charge on any atom is 0.235 e. The topological polar surface area (TPSA) is 87.7 Å². The molecule has 0 aliphatic carbocycles. The number of carbonyl (C=O) groups is 2. The van der Waals surface area contributed by atoms with E-state index >= 15 is 0 Å². The molecule has 2 unspecified atom stereocenters. The molecule has 0 saturated heterocycles. The van der Waals surface area contributed by atoms with Gasteiger partial charge in [-0.25, -0.2) is 0 Å². The van der Waals surface area contributed by atoms with Crippen molar-refractivity contribution < 1.29 is 19.4 Å². The lowest BCUT2D eigenvalue weighted by Gasteiger charge is -2.15. The minimum absolute atomic E-state index is 0.0465. The van der Waals surface area contributed by atoms with Gasteiger partial charge < -0.3 is 20.5 Å². The van der Waals surface area contributed by atoms with Crippen LogP contribution in [0.4, 0.5) is 0 Å². The second-order valence-corrected chi connectivity index (χ2v) is 5.02. The Morgan fingerprint density at radius 3 is 2.35 bits per heavy atom. The number of hydrogen-bond acceptors (Lipinski definition) is 4. The molecule has 0 radical (unpaired) electrons. The van der Waals surface area contributed by atoms with E-state index in [0.29, 0.717) is 13.2 Å². The number of aliphatic hydroxyl groups excluding tert-OH is 1. The number of halogens is 2. The summed E-state index contributed by atoms with van der Waals surface area (Å²) in [6.45, 7) is 0.843. The number of hydrogen-bond donors (Lipinski definition) is 3. The van der Waals surface area contributed by atoms with Crippen LogP contribution in [0.2, 0.25) is 0 Å². The van der Waals surface area contributed by atoms with Gasteiger partial charge in [-0.2, -0.15) is 0 Å². The minimum Gasteiger partial charge on any atom is -0.394 e. The van der Waals surface area contributed by atoms with Gasteiger partial charge in [-0.05, 0) is 0 Å². The molecule has 3 N–H and O–H groups in total. The quantitative estimate of drug-likeness (QED) is 0.390. The zero-order valence-corrected chi connectivity index (χ0v) is 12.6. The van der Waals surface area contributed by atoms with Crippen LogP contribution in [-0.2, 0) is 14.3 Å². The van der Waals surface area contributed by atoms with Gasteiger partial charge in [-0.15, -0.1) is 0 Å². The van der Waals surface area contributed by atoms with Crippen molar-refractivity contribution in [2.75, 3.05) is 33.4 Å². The molecule has 8 heteroatoms. The fraction of sp³-hybridized carbons (Fsp3) is 0.778. The van der Waals surface area contributed by atoms with Crippen LogP contribution in [0.15, 0.2) is 0 Å². The number of nitrogens with one attached hydrogen (secondary N) is 2. The first-order valence-electron chi connectivity index (χ1n) is 5.00. The summed E-state index contributed by atoms with van der Waals surface area (Å²) in [6.07, 6.45) is 0. The summed E-state index contributed by atoms with van der Waals surface area (Å²) in [6, 6.07) is 0. The first kappa shape index (κ1) is 16.8. The molecule has 0 spiro atoms. The fourth-order valence-electron chi connectivity index (χ4n) is 0.914. The highest BCUT2D eigenvalue weighted by Gasteiger charge is 2.28. The third-order valence-electron chi connectivity index (χ3n) is 1.79. The number of ether oxygens (including phenoxy) is 1. The van der Waals surface area contributed by atoms with E-state index in [9.17, 15) is 9.59 Å². The molecule has 0 aliphatic heterocycles. The van der Waals surface area contributed by atoms with Gasteiger partial charge in [0.15, 0.2) is 0 Å². The van der Waals surface area contributed by atoms with Gasteiger partial charge >= 0.3 is 0 Å². The zero-order chi connectivity index (χ0) is 13.3. The highest BCUT2D eigenvalue weighted by Crippen LogP contribution is 2.14. The predicted molar refractivity (Wildman–Crippen MR) is 70.4 cm³/mol. The largest absolute Gasteiger partial charge is 0.394 e. The highest BCUT2D eigenvalue weighted by molar-refractivity contribution is 9.12. The molecule has 100 valence electrons. The van der Waals surface area contributed by atoms with E-state index in [0.717, 1.165) is 0 Å². The maximum absolute atomic E-state index is 11.6. The Kier molecular flexibility index (Phi) is 9.71. The number of aliphatic hydroxyl groups is 1. The van der Waals surface area contributed by atoms with E-state index in [1.807, 2.05) is 0 Å². The van der Waals surface area contributed by atoms with E-state index in [2.05, 4.69) is 42.5 Å². The SMILES string of the molecule is CNC(=O)C(Br)C(Br)C(=O)NCCOCCO.